The monoisotopic (exact) mass is 549 g/mol. The first kappa shape index (κ1) is 25.8. The van der Waals surface area contributed by atoms with Crippen molar-refractivity contribution in [3.05, 3.63) is 29.8 Å². The fraction of sp³-hybridized carbons (Fsp3) is 0.611. The topological polar surface area (TPSA) is 71.0 Å². The molecule has 1 aromatic carbocycles. The first-order valence-corrected chi connectivity index (χ1v) is 10.7. The molecule has 11 heteroatoms. The van der Waals surface area contributed by atoms with Crippen molar-refractivity contribution in [1.29, 1.82) is 0 Å². The second kappa shape index (κ2) is 10.2. The Hall–Kier alpha value is -1.24. The average Bonchev–Trinajstić information content (AvgIpc) is 2.60. The summed E-state index contributed by atoms with van der Waals surface area (Å²) in [4.78, 5) is 6.36. The van der Waals surface area contributed by atoms with E-state index in [-0.39, 0.29) is 42.9 Å². The van der Waals surface area contributed by atoms with Gasteiger partial charge in [0.05, 0.1) is 22.6 Å². The lowest BCUT2D eigenvalue weighted by atomic mass is 10.2. The molecule has 0 aliphatic carbocycles. The van der Waals surface area contributed by atoms with Gasteiger partial charge < -0.3 is 15.0 Å². The van der Waals surface area contributed by atoms with Gasteiger partial charge in [-0.15, -0.1) is 24.0 Å². The van der Waals surface area contributed by atoms with Crippen LogP contribution >= 0.6 is 24.0 Å². The highest BCUT2D eigenvalue weighted by Crippen LogP contribution is 2.30. The molecule has 166 valence electrons. The number of hydrogen-bond donors (Lipinski definition) is 1. The van der Waals surface area contributed by atoms with E-state index in [1.54, 1.807) is 13.8 Å². The first-order valence-electron chi connectivity index (χ1n) is 9.02. The van der Waals surface area contributed by atoms with Crippen molar-refractivity contribution in [3.8, 4) is 5.75 Å². The van der Waals surface area contributed by atoms with E-state index in [0.29, 0.717) is 31.3 Å². The minimum atomic E-state index is -4.38. The second-order valence-electron chi connectivity index (χ2n) is 7.11. The summed E-state index contributed by atoms with van der Waals surface area (Å²) in [6.45, 7) is 7.11. The third-order valence-electron chi connectivity index (χ3n) is 4.48. The Bertz CT molecular complexity index is 797. The third kappa shape index (κ3) is 6.90. The van der Waals surface area contributed by atoms with Gasteiger partial charge in [-0.3, -0.25) is 0 Å². The predicted octanol–water partition coefficient (Wildman–Crippen LogP) is 3.18. The molecule has 2 rings (SSSR count). The van der Waals surface area contributed by atoms with Crippen molar-refractivity contribution in [1.82, 2.24) is 10.2 Å². The van der Waals surface area contributed by atoms with Gasteiger partial charge in [-0.1, -0.05) is 0 Å². The van der Waals surface area contributed by atoms with Crippen LogP contribution < -0.4 is 10.1 Å². The number of sulfone groups is 1. The van der Waals surface area contributed by atoms with Gasteiger partial charge in [-0.2, -0.15) is 13.2 Å². The third-order valence-corrected chi connectivity index (χ3v) is 7.01. The normalized spacial score (nSPS) is 18.7. The van der Waals surface area contributed by atoms with Gasteiger partial charge in [0, 0.05) is 19.6 Å². The largest absolute Gasteiger partial charge is 0.492 e. The van der Waals surface area contributed by atoms with Crippen LogP contribution in [0.5, 0.6) is 5.75 Å². The number of rotatable bonds is 5. The highest BCUT2D eigenvalue weighted by Gasteiger charge is 2.40. The van der Waals surface area contributed by atoms with Crippen LogP contribution in [0.2, 0.25) is 0 Å². The number of halogens is 4. The van der Waals surface area contributed by atoms with Gasteiger partial charge in [0.15, 0.2) is 15.8 Å². The van der Waals surface area contributed by atoms with Crippen LogP contribution in [-0.2, 0) is 16.0 Å². The lowest BCUT2D eigenvalue weighted by Gasteiger charge is -2.39. The summed E-state index contributed by atoms with van der Waals surface area (Å²) in [6, 6.07) is 4.49. The van der Waals surface area contributed by atoms with Crippen LogP contribution in [0.25, 0.3) is 0 Å². The first-order chi connectivity index (χ1) is 13.0. The zero-order valence-corrected chi connectivity index (χ0v) is 19.8. The van der Waals surface area contributed by atoms with Crippen LogP contribution in [-0.4, -0.2) is 62.6 Å². The van der Waals surface area contributed by atoms with Crippen molar-refractivity contribution < 1.29 is 26.3 Å². The molecule has 1 saturated heterocycles. The molecule has 0 saturated carbocycles. The van der Waals surface area contributed by atoms with Gasteiger partial charge in [0.1, 0.15) is 12.4 Å². The minimum absolute atomic E-state index is 0. The van der Waals surface area contributed by atoms with E-state index in [1.165, 1.54) is 12.1 Å². The SMILES string of the molecule is CCNC(=NCCOc1ccc(C(F)(F)F)cc1)N1CCS(=O)(=O)C(C)(C)C1.I. The van der Waals surface area contributed by atoms with Gasteiger partial charge >= 0.3 is 6.18 Å². The molecule has 0 radical (unpaired) electrons. The zero-order chi connectivity index (χ0) is 21.0. The molecular weight excluding hydrogens is 522 g/mol. The highest BCUT2D eigenvalue weighted by molar-refractivity contribution is 14.0. The van der Waals surface area contributed by atoms with Crippen LogP contribution in [0.3, 0.4) is 0 Å². The Morgan fingerprint density at radius 1 is 1.28 bits per heavy atom. The molecule has 1 heterocycles. The van der Waals surface area contributed by atoms with Crippen molar-refractivity contribution in [2.24, 2.45) is 4.99 Å². The Morgan fingerprint density at radius 3 is 2.41 bits per heavy atom. The number of aliphatic imine (C=N–C) groups is 1. The van der Waals surface area contributed by atoms with Crippen LogP contribution in [0, 0.1) is 0 Å². The quantitative estimate of drug-likeness (QED) is 0.265. The molecule has 1 aliphatic rings. The molecule has 0 bridgehead atoms. The summed E-state index contributed by atoms with van der Waals surface area (Å²) < 4.78 is 66.6. The lowest BCUT2D eigenvalue weighted by Crippen LogP contribution is -2.57. The molecular formula is C18H27F3IN3O3S. The molecule has 1 aromatic rings. The Labute approximate surface area is 186 Å². The number of nitrogens with one attached hydrogen (secondary N) is 1. The molecule has 1 fully saturated rings. The highest BCUT2D eigenvalue weighted by atomic mass is 127. The maximum Gasteiger partial charge on any atom is 0.416 e. The molecule has 0 aromatic heterocycles. The average molecular weight is 549 g/mol. The standard InChI is InChI=1S/C18H26F3N3O3S.HI/c1-4-22-16(24-10-12-28(25,26)17(2,3)13-24)23-9-11-27-15-7-5-14(6-8-15)18(19,20)21;/h5-8H,4,9-13H2,1-3H3,(H,22,23);1H. The maximum absolute atomic E-state index is 12.6. The molecule has 1 N–H and O–H groups in total. The summed E-state index contributed by atoms with van der Waals surface area (Å²) in [5.74, 6) is 0.992. The predicted molar refractivity (Wildman–Crippen MR) is 118 cm³/mol. The summed E-state index contributed by atoms with van der Waals surface area (Å²) >= 11 is 0. The van der Waals surface area contributed by atoms with Crippen LogP contribution in [0.1, 0.15) is 26.3 Å². The molecule has 29 heavy (non-hydrogen) atoms. The number of nitrogens with zero attached hydrogens (tertiary/aromatic N) is 2. The maximum atomic E-state index is 12.6. The fourth-order valence-electron chi connectivity index (χ4n) is 2.81. The van der Waals surface area contributed by atoms with Gasteiger partial charge in [0.25, 0.3) is 0 Å². The number of alkyl halides is 3. The Morgan fingerprint density at radius 2 is 1.90 bits per heavy atom. The van der Waals surface area contributed by atoms with Crippen molar-refractivity contribution in [3.63, 3.8) is 0 Å². The van der Waals surface area contributed by atoms with Gasteiger partial charge in [-0.25, -0.2) is 13.4 Å². The lowest BCUT2D eigenvalue weighted by molar-refractivity contribution is -0.137. The molecule has 0 amide bonds. The molecule has 0 atom stereocenters. The van der Waals surface area contributed by atoms with Crippen molar-refractivity contribution in [2.75, 3.05) is 38.5 Å². The van der Waals surface area contributed by atoms with Crippen molar-refractivity contribution >= 4 is 39.8 Å². The van der Waals surface area contributed by atoms with E-state index < -0.39 is 26.3 Å². The summed E-state index contributed by atoms with van der Waals surface area (Å²) in [7, 11) is -3.15. The fourth-order valence-corrected chi connectivity index (χ4v) is 4.17. The van der Waals surface area contributed by atoms with E-state index in [1.807, 2.05) is 11.8 Å². The molecule has 6 nitrogen and oxygen atoms in total. The smallest absolute Gasteiger partial charge is 0.416 e. The molecule has 0 spiro atoms. The minimum Gasteiger partial charge on any atom is -0.492 e. The molecule has 0 unspecified atom stereocenters. The van der Waals surface area contributed by atoms with Crippen LogP contribution in [0.4, 0.5) is 13.2 Å². The van der Waals surface area contributed by atoms with E-state index in [4.69, 9.17) is 4.74 Å². The van der Waals surface area contributed by atoms with Crippen molar-refractivity contribution in [2.45, 2.75) is 31.7 Å². The van der Waals surface area contributed by atoms with E-state index in [0.717, 1.165) is 12.1 Å². The van der Waals surface area contributed by atoms with E-state index >= 15 is 0 Å². The number of ether oxygens (including phenoxy) is 1. The second-order valence-corrected chi connectivity index (χ2v) is 9.85. The summed E-state index contributed by atoms with van der Waals surface area (Å²) in [6.07, 6.45) is -4.38. The number of guanidine groups is 1. The summed E-state index contributed by atoms with van der Waals surface area (Å²) in [5, 5.41) is 3.14. The number of hydrogen-bond acceptors (Lipinski definition) is 4. The van der Waals surface area contributed by atoms with Crippen LogP contribution in [0.15, 0.2) is 29.3 Å². The Kier molecular flexibility index (Phi) is 9.06. The Balaban J connectivity index is 0.00000420. The zero-order valence-electron chi connectivity index (χ0n) is 16.6. The van der Waals surface area contributed by atoms with Gasteiger partial charge in [0.2, 0.25) is 0 Å². The van der Waals surface area contributed by atoms with Gasteiger partial charge in [-0.05, 0) is 45.0 Å². The van der Waals surface area contributed by atoms with E-state index in [9.17, 15) is 21.6 Å². The number of benzene rings is 1. The summed E-state index contributed by atoms with van der Waals surface area (Å²) in [5.41, 5.74) is -0.727. The van der Waals surface area contributed by atoms with E-state index in [2.05, 4.69) is 10.3 Å². The molecule has 1 aliphatic heterocycles.